The number of hydrogen-bond donors (Lipinski definition) is 1. The molecule has 0 unspecified atom stereocenters. The molecule has 2 rings (SSSR count). The lowest BCUT2D eigenvalue weighted by molar-refractivity contribution is -0.118. The van der Waals surface area contributed by atoms with Crippen LogP contribution in [0.1, 0.15) is 16.7 Å². The number of carbonyl (C=O) groups is 1. The number of hydrogen-bond acceptors (Lipinski definition) is 3. The normalized spacial score (nSPS) is 10.8. The van der Waals surface area contributed by atoms with E-state index < -0.39 is 6.61 Å². The van der Waals surface area contributed by atoms with Crippen LogP contribution in [-0.2, 0) is 11.2 Å². The highest BCUT2D eigenvalue weighted by Gasteiger charge is 2.06. The number of alkyl halides is 2. The summed E-state index contributed by atoms with van der Waals surface area (Å²) in [6.07, 6.45) is 0.634. The van der Waals surface area contributed by atoms with Crippen molar-refractivity contribution in [3.05, 3.63) is 59.2 Å². The standard InChI is InChI=1S/C19H21F2NO2S/c1-13-3-8-17(14(2)11-13)25-12-18(23)22-10-9-15-4-6-16(7-5-15)24-19(20)21/h3-8,11,19H,9-10,12H2,1-2H3,(H,22,23). The molecule has 134 valence electrons. The van der Waals surface area contributed by atoms with Crippen molar-refractivity contribution in [2.45, 2.75) is 31.8 Å². The van der Waals surface area contributed by atoms with E-state index in [0.29, 0.717) is 18.7 Å². The number of benzene rings is 2. The summed E-state index contributed by atoms with van der Waals surface area (Å²) in [6, 6.07) is 12.6. The minimum Gasteiger partial charge on any atom is -0.435 e. The van der Waals surface area contributed by atoms with E-state index in [1.807, 2.05) is 26.0 Å². The Morgan fingerprint density at radius 1 is 1.16 bits per heavy atom. The molecule has 1 amide bonds. The fourth-order valence-corrected chi connectivity index (χ4v) is 3.18. The first-order chi connectivity index (χ1) is 11.9. The van der Waals surface area contributed by atoms with Gasteiger partial charge in [-0.25, -0.2) is 0 Å². The van der Waals surface area contributed by atoms with Gasteiger partial charge in [0.25, 0.3) is 0 Å². The van der Waals surface area contributed by atoms with Crippen LogP contribution in [0.3, 0.4) is 0 Å². The Morgan fingerprint density at radius 3 is 2.52 bits per heavy atom. The maximum atomic E-state index is 12.1. The Kier molecular flexibility index (Phi) is 7.25. The van der Waals surface area contributed by atoms with Crippen LogP contribution in [0.4, 0.5) is 8.78 Å². The molecule has 25 heavy (non-hydrogen) atoms. The van der Waals surface area contributed by atoms with Crippen LogP contribution in [0.5, 0.6) is 5.75 Å². The zero-order chi connectivity index (χ0) is 18.2. The predicted molar refractivity (Wildman–Crippen MR) is 96.4 cm³/mol. The van der Waals surface area contributed by atoms with E-state index >= 15 is 0 Å². The van der Waals surface area contributed by atoms with Gasteiger partial charge in [0.2, 0.25) is 5.91 Å². The van der Waals surface area contributed by atoms with Gasteiger partial charge in [0.15, 0.2) is 0 Å². The minimum atomic E-state index is -2.82. The van der Waals surface area contributed by atoms with Gasteiger partial charge in [0, 0.05) is 11.4 Å². The van der Waals surface area contributed by atoms with Gasteiger partial charge in [-0.2, -0.15) is 8.78 Å². The molecule has 2 aromatic rings. The average molecular weight is 365 g/mol. The Hall–Kier alpha value is -2.08. The summed E-state index contributed by atoms with van der Waals surface area (Å²) in [5.74, 6) is 0.473. The summed E-state index contributed by atoms with van der Waals surface area (Å²) < 4.78 is 28.5. The fraction of sp³-hybridized carbons (Fsp3) is 0.316. The SMILES string of the molecule is Cc1ccc(SCC(=O)NCCc2ccc(OC(F)F)cc2)c(C)c1. The van der Waals surface area contributed by atoms with Gasteiger partial charge < -0.3 is 10.1 Å². The van der Waals surface area contributed by atoms with E-state index in [2.05, 4.69) is 16.1 Å². The Bertz CT molecular complexity index is 705. The van der Waals surface area contributed by atoms with Crippen molar-refractivity contribution in [3.8, 4) is 5.75 Å². The molecule has 0 heterocycles. The Balaban J connectivity index is 1.71. The number of thioether (sulfide) groups is 1. The van der Waals surface area contributed by atoms with Gasteiger partial charge in [0.05, 0.1) is 5.75 Å². The van der Waals surface area contributed by atoms with Gasteiger partial charge >= 0.3 is 6.61 Å². The first kappa shape index (κ1) is 19.2. The number of ether oxygens (including phenoxy) is 1. The molecule has 0 aliphatic heterocycles. The summed E-state index contributed by atoms with van der Waals surface area (Å²) in [7, 11) is 0. The van der Waals surface area contributed by atoms with E-state index in [0.717, 1.165) is 10.5 Å². The Morgan fingerprint density at radius 2 is 1.88 bits per heavy atom. The molecule has 0 fully saturated rings. The lowest BCUT2D eigenvalue weighted by atomic mass is 10.1. The first-order valence-corrected chi connectivity index (χ1v) is 8.93. The third-order valence-corrected chi connectivity index (χ3v) is 4.75. The second-order valence-corrected chi connectivity index (χ2v) is 6.70. The van der Waals surface area contributed by atoms with E-state index in [-0.39, 0.29) is 11.7 Å². The van der Waals surface area contributed by atoms with Crippen molar-refractivity contribution < 1.29 is 18.3 Å². The summed E-state index contributed by atoms with van der Waals surface area (Å²) in [5, 5.41) is 2.87. The molecule has 0 radical (unpaired) electrons. The van der Waals surface area contributed by atoms with Crippen LogP contribution in [0.25, 0.3) is 0 Å². The maximum Gasteiger partial charge on any atom is 0.387 e. The summed E-state index contributed by atoms with van der Waals surface area (Å²) >= 11 is 1.52. The van der Waals surface area contributed by atoms with Gasteiger partial charge in [-0.05, 0) is 49.6 Å². The second-order valence-electron chi connectivity index (χ2n) is 5.68. The highest BCUT2D eigenvalue weighted by atomic mass is 32.2. The largest absolute Gasteiger partial charge is 0.435 e. The van der Waals surface area contributed by atoms with Crippen molar-refractivity contribution in [3.63, 3.8) is 0 Å². The lowest BCUT2D eigenvalue weighted by Gasteiger charge is -2.08. The average Bonchev–Trinajstić information content (AvgIpc) is 2.55. The number of aryl methyl sites for hydroxylation is 2. The highest BCUT2D eigenvalue weighted by molar-refractivity contribution is 8.00. The number of halogens is 2. The zero-order valence-corrected chi connectivity index (χ0v) is 15.0. The highest BCUT2D eigenvalue weighted by Crippen LogP contribution is 2.22. The van der Waals surface area contributed by atoms with Crippen LogP contribution < -0.4 is 10.1 Å². The van der Waals surface area contributed by atoms with Crippen molar-refractivity contribution in [2.24, 2.45) is 0 Å². The van der Waals surface area contributed by atoms with E-state index in [4.69, 9.17) is 0 Å². The molecule has 0 saturated heterocycles. The van der Waals surface area contributed by atoms with E-state index in [1.165, 1.54) is 35.0 Å². The fourth-order valence-electron chi connectivity index (χ4n) is 2.34. The smallest absolute Gasteiger partial charge is 0.387 e. The van der Waals surface area contributed by atoms with Gasteiger partial charge in [-0.3, -0.25) is 4.79 Å². The molecule has 3 nitrogen and oxygen atoms in total. The molecule has 0 bridgehead atoms. The number of carbonyl (C=O) groups excluding carboxylic acids is 1. The molecular weight excluding hydrogens is 344 g/mol. The van der Waals surface area contributed by atoms with Crippen molar-refractivity contribution in [1.29, 1.82) is 0 Å². The third kappa shape index (κ3) is 6.74. The molecule has 0 saturated carbocycles. The summed E-state index contributed by atoms with van der Waals surface area (Å²) in [4.78, 5) is 13.0. The number of nitrogens with one attached hydrogen (secondary N) is 1. The first-order valence-electron chi connectivity index (χ1n) is 7.94. The number of rotatable bonds is 8. The monoisotopic (exact) mass is 365 g/mol. The molecule has 6 heteroatoms. The van der Waals surface area contributed by atoms with Crippen molar-refractivity contribution >= 4 is 17.7 Å². The summed E-state index contributed by atoms with van der Waals surface area (Å²) in [6.45, 7) is 1.76. The van der Waals surface area contributed by atoms with Crippen LogP contribution in [0, 0.1) is 13.8 Å². The van der Waals surface area contributed by atoms with Gasteiger partial charge in [-0.1, -0.05) is 29.8 Å². The van der Waals surface area contributed by atoms with Crippen LogP contribution in [0.2, 0.25) is 0 Å². The molecule has 1 N–H and O–H groups in total. The Labute approximate surface area is 150 Å². The van der Waals surface area contributed by atoms with Crippen LogP contribution in [-0.4, -0.2) is 24.8 Å². The molecular formula is C19H21F2NO2S. The molecule has 2 aromatic carbocycles. The quantitative estimate of drug-likeness (QED) is 0.707. The van der Waals surface area contributed by atoms with Gasteiger partial charge in [-0.15, -0.1) is 11.8 Å². The van der Waals surface area contributed by atoms with E-state index in [1.54, 1.807) is 12.1 Å². The number of amides is 1. The van der Waals surface area contributed by atoms with Crippen molar-refractivity contribution in [2.75, 3.05) is 12.3 Å². The third-order valence-electron chi connectivity index (χ3n) is 3.57. The lowest BCUT2D eigenvalue weighted by Crippen LogP contribution is -2.27. The summed E-state index contributed by atoms with van der Waals surface area (Å²) in [5.41, 5.74) is 3.32. The van der Waals surface area contributed by atoms with Crippen LogP contribution in [0.15, 0.2) is 47.4 Å². The molecule has 0 spiro atoms. The molecule has 0 aromatic heterocycles. The molecule has 0 aliphatic carbocycles. The van der Waals surface area contributed by atoms with Crippen LogP contribution >= 0.6 is 11.8 Å². The predicted octanol–water partition coefficient (Wildman–Crippen LogP) is 4.36. The second kappa shape index (κ2) is 9.42. The maximum absolute atomic E-state index is 12.1. The topological polar surface area (TPSA) is 38.3 Å². The zero-order valence-electron chi connectivity index (χ0n) is 14.2. The van der Waals surface area contributed by atoms with Crippen molar-refractivity contribution in [1.82, 2.24) is 5.32 Å². The molecule has 0 atom stereocenters. The minimum absolute atomic E-state index is 0.0253. The van der Waals surface area contributed by atoms with E-state index in [9.17, 15) is 13.6 Å². The van der Waals surface area contributed by atoms with Gasteiger partial charge in [0.1, 0.15) is 5.75 Å². The molecule has 0 aliphatic rings.